The Morgan fingerprint density at radius 1 is 0.784 bits per heavy atom. The maximum absolute atomic E-state index is 11.5. The number of aromatic nitrogens is 4. The van der Waals surface area contributed by atoms with Crippen LogP contribution >= 0.6 is 23.5 Å². The summed E-state index contributed by atoms with van der Waals surface area (Å²) in [4.78, 5) is 67.2. The Morgan fingerprint density at radius 3 is 1.84 bits per heavy atom. The van der Waals surface area contributed by atoms with Crippen molar-refractivity contribution in [1.82, 2.24) is 19.5 Å². The minimum atomic E-state index is -5.48. The molecule has 1 aliphatic rings. The van der Waals surface area contributed by atoms with Crippen LogP contribution in [0.1, 0.15) is 12.8 Å². The van der Waals surface area contributed by atoms with Gasteiger partial charge in [-0.1, -0.05) is 0 Å². The molecule has 0 radical (unpaired) electrons. The zero-order valence-electron chi connectivity index (χ0n) is 18.6. The highest BCUT2D eigenvalue weighted by Gasteiger charge is 2.57. The number of aliphatic hydroxyl groups is 2. The first-order valence-electron chi connectivity index (χ1n) is 10.4. The first-order chi connectivity index (χ1) is 17.1. The molecule has 0 amide bonds. The number of phosphoric acid groups is 3. The first kappa shape index (κ1) is 30.3. The monoisotopic (exact) mass is 594 g/mol. The van der Waals surface area contributed by atoms with E-state index in [1.165, 1.54) is 18.9 Å². The Bertz CT molecular complexity index is 1200. The predicted molar refractivity (Wildman–Crippen MR) is 117 cm³/mol. The highest BCUT2D eigenvalue weighted by atomic mass is 31.2. The number of hydrogen-bond acceptors (Lipinski definition) is 12. The smallest absolute Gasteiger partial charge is 0.387 e. The summed E-state index contributed by atoms with van der Waals surface area (Å²) in [6.45, 7) is 0.195. The van der Waals surface area contributed by atoms with Gasteiger partial charge in [-0.15, -0.1) is 0 Å². The molecular formula is C15H25N4O15P3. The zero-order valence-corrected chi connectivity index (χ0v) is 21.3. The normalized spacial score (nSPS) is 27.6. The highest BCUT2D eigenvalue weighted by molar-refractivity contribution is 7.46. The molecule has 3 rings (SSSR count). The summed E-state index contributed by atoms with van der Waals surface area (Å²) in [5.41, 5.74) is 1.14. The minimum absolute atomic E-state index is 0.219. The van der Waals surface area contributed by atoms with E-state index in [0.29, 0.717) is 24.1 Å². The summed E-state index contributed by atoms with van der Waals surface area (Å²) in [6.07, 6.45) is -8.24. The number of phosphoric ester groups is 3. The summed E-state index contributed by atoms with van der Waals surface area (Å²) < 4.78 is 54.6. The number of unbranched alkanes of at least 4 members (excludes halogenated alkanes) is 1. The van der Waals surface area contributed by atoms with Crippen molar-refractivity contribution in [3.05, 3.63) is 18.9 Å². The van der Waals surface area contributed by atoms with Gasteiger partial charge in [0, 0.05) is 13.2 Å². The van der Waals surface area contributed by atoms with E-state index in [2.05, 4.69) is 28.5 Å². The SMILES string of the molecule is O=P(O)(O)O[C@@H]1[C@H](O)[C@@H](OP(=O)(O)O)[C@@H](OP(=O)(O)O)[C@@H](O)[C@H]1OCCCCn1cnc2cncnc21. The molecule has 6 atom stereocenters. The topological polar surface area (TPSA) is 294 Å². The molecule has 19 nitrogen and oxygen atoms in total. The summed E-state index contributed by atoms with van der Waals surface area (Å²) in [5.74, 6) is 0. The number of hydrogen-bond donors (Lipinski definition) is 8. The van der Waals surface area contributed by atoms with Crippen molar-refractivity contribution in [3.63, 3.8) is 0 Å². The fourth-order valence-electron chi connectivity index (χ4n) is 3.77. The van der Waals surface area contributed by atoms with Crippen LogP contribution in [-0.4, -0.2) is 102 Å². The van der Waals surface area contributed by atoms with Crippen LogP contribution in [0.2, 0.25) is 0 Å². The maximum atomic E-state index is 11.5. The van der Waals surface area contributed by atoms with E-state index in [1.807, 2.05) is 0 Å². The van der Waals surface area contributed by atoms with E-state index in [-0.39, 0.29) is 13.0 Å². The van der Waals surface area contributed by atoms with Gasteiger partial charge in [-0.25, -0.2) is 28.6 Å². The highest BCUT2D eigenvalue weighted by Crippen LogP contribution is 2.49. The van der Waals surface area contributed by atoms with E-state index in [9.17, 15) is 43.5 Å². The van der Waals surface area contributed by atoms with E-state index in [1.54, 1.807) is 4.57 Å². The van der Waals surface area contributed by atoms with Crippen molar-refractivity contribution >= 4 is 34.6 Å². The number of imidazole rings is 1. The second-order valence-electron chi connectivity index (χ2n) is 7.88. The van der Waals surface area contributed by atoms with Crippen LogP contribution in [0.4, 0.5) is 0 Å². The zero-order chi connectivity index (χ0) is 27.6. The van der Waals surface area contributed by atoms with Gasteiger partial charge in [-0.2, -0.15) is 0 Å². The van der Waals surface area contributed by atoms with Gasteiger partial charge >= 0.3 is 23.5 Å². The van der Waals surface area contributed by atoms with Crippen LogP contribution in [-0.2, 0) is 38.5 Å². The lowest BCUT2D eigenvalue weighted by atomic mass is 9.85. The molecule has 0 aromatic carbocycles. The maximum Gasteiger partial charge on any atom is 0.470 e. The fourth-order valence-corrected chi connectivity index (χ4v) is 5.45. The largest absolute Gasteiger partial charge is 0.470 e. The first-order valence-corrected chi connectivity index (χ1v) is 15.0. The quantitative estimate of drug-likeness (QED) is 0.0989. The Morgan fingerprint density at radius 2 is 1.30 bits per heavy atom. The lowest BCUT2D eigenvalue weighted by molar-refractivity contribution is -0.225. The second kappa shape index (κ2) is 11.9. The van der Waals surface area contributed by atoms with Gasteiger partial charge in [0.2, 0.25) is 0 Å². The number of rotatable bonds is 12. The average Bonchev–Trinajstić information content (AvgIpc) is 3.17. The van der Waals surface area contributed by atoms with Gasteiger partial charge in [-0.05, 0) is 12.8 Å². The molecule has 0 spiro atoms. The van der Waals surface area contributed by atoms with Gasteiger partial charge in [-0.3, -0.25) is 13.6 Å². The van der Waals surface area contributed by atoms with Crippen molar-refractivity contribution in [2.24, 2.45) is 0 Å². The number of nitrogens with zero attached hydrogens (tertiary/aromatic N) is 4. The molecule has 8 N–H and O–H groups in total. The van der Waals surface area contributed by atoms with Crippen LogP contribution < -0.4 is 0 Å². The summed E-state index contributed by atoms with van der Waals surface area (Å²) in [7, 11) is -16.3. The Hall–Kier alpha value is -1.24. The lowest BCUT2D eigenvalue weighted by Crippen LogP contribution is -2.65. The third-order valence-electron chi connectivity index (χ3n) is 5.16. The average molecular weight is 594 g/mol. The molecule has 2 aromatic rings. The molecule has 0 aliphatic heterocycles. The molecule has 2 heterocycles. The molecule has 1 saturated carbocycles. The number of aliphatic hydroxyl groups excluding tert-OH is 2. The third-order valence-corrected chi connectivity index (χ3v) is 6.71. The predicted octanol–water partition coefficient (Wildman–Crippen LogP) is -1.84. The molecule has 0 saturated heterocycles. The van der Waals surface area contributed by atoms with Gasteiger partial charge in [0.05, 0.1) is 12.5 Å². The number of ether oxygens (including phenoxy) is 1. The van der Waals surface area contributed by atoms with Crippen molar-refractivity contribution < 1.29 is 71.6 Å². The van der Waals surface area contributed by atoms with Crippen molar-refractivity contribution in [3.8, 4) is 0 Å². The van der Waals surface area contributed by atoms with Crippen molar-refractivity contribution in [2.45, 2.75) is 56.0 Å². The Kier molecular flexibility index (Phi) is 9.73. The molecule has 22 heteroatoms. The lowest BCUT2D eigenvalue weighted by Gasteiger charge is -2.46. The molecule has 2 aromatic heterocycles. The van der Waals surface area contributed by atoms with E-state index in [4.69, 9.17) is 14.5 Å². The molecule has 1 fully saturated rings. The molecular weight excluding hydrogens is 569 g/mol. The van der Waals surface area contributed by atoms with Crippen LogP contribution in [0.15, 0.2) is 18.9 Å². The van der Waals surface area contributed by atoms with Crippen LogP contribution in [0.5, 0.6) is 0 Å². The van der Waals surface area contributed by atoms with Gasteiger partial charge in [0.1, 0.15) is 48.5 Å². The van der Waals surface area contributed by atoms with Gasteiger partial charge in [0.15, 0.2) is 5.65 Å². The molecule has 1 aliphatic carbocycles. The van der Waals surface area contributed by atoms with E-state index >= 15 is 0 Å². The molecule has 0 unspecified atom stereocenters. The summed E-state index contributed by atoms with van der Waals surface area (Å²) in [5, 5.41) is 21.2. The second-order valence-corrected chi connectivity index (χ2v) is 11.5. The fraction of sp³-hybridized carbons (Fsp3) is 0.667. The van der Waals surface area contributed by atoms with Crippen molar-refractivity contribution in [1.29, 1.82) is 0 Å². The summed E-state index contributed by atoms with van der Waals surface area (Å²) in [6, 6.07) is 0. The van der Waals surface area contributed by atoms with E-state index < -0.39 is 60.1 Å². The molecule has 0 bridgehead atoms. The number of aryl methyl sites for hydroxylation is 1. The van der Waals surface area contributed by atoms with Crippen molar-refractivity contribution in [2.75, 3.05) is 6.61 Å². The third kappa shape index (κ3) is 8.63. The molecule has 37 heavy (non-hydrogen) atoms. The summed E-state index contributed by atoms with van der Waals surface area (Å²) >= 11 is 0. The van der Waals surface area contributed by atoms with E-state index in [0.717, 1.165) is 0 Å². The van der Waals surface area contributed by atoms with Gasteiger partial charge < -0.3 is 48.9 Å². The Labute approximate surface area is 207 Å². The van der Waals surface area contributed by atoms with Crippen LogP contribution in [0.3, 0.4) is 0 Å². The van der Waals surface area contributed by atoms with Crippen LogP contribution in [0, 0.1) is 0 Å². The molecule has 210 valence electrons. The Balaban J connectivity index is 1.74. The van der Waals surface area contributed by atoms with Crippen LogP contribution in [0.25, 0.3) is 11.2 Å². The van der Waals surface area contributed by atoms with Gasteiger partial charge in [0.25, 0.3) is 0 Å². The standard InChI is InChI=1S/C15H25N4O15P3/c20-9-11(31-4-2-1-3-19-7-18-8-5-16-6-17-15(8)19)12(32-35(22,23)24)10(21)14(34-37(28,29)30)13(9)33-36(25,26)27/h5-7,9-14,20-21H,1-4H2,(H2,22,23,24)(H2,25,26,27)(H2,28,29,30)/t9-,10-,11+,12+,13-,14+/m0/s1. The minimum Gasteiger partial charge on any atom is -0.387 e. The number of fused-ring (bicyclic) bond motifs is 1.